The summed E-state index contributed by atoms with van der Waals surface area (Å²) in [6.07, 6.45) is -1.32. The van der Waals surface area contributed by atoms with Crippen LogP contribution in [0.3, 0.4) is 0 Å². The molecule has 0 aliphatic carbocycles. The normalized spacial score (nSPS) is 18.1. The van der Waals surface area contributed by atoms with E-state index in [9.17, 15) is 23.1 Å². The summed E-state index contributed by atoms with van der Waals surface area (Å²) in [6.45, 7) is 2.92. The summed E-state index contributed by atoms with van der Waals surface area (Å²) in [6, 6.07) is 9.98. The van der Waals surface area contributed by atoms with Gasteiger partial charge in [-0.05, 0) is 49.9 Å². The Morgan fingerprint density at radius 1 is 1.18 bits per heavy atom. The van der Waals surface area contributed by atoms with Gasteiger partial charge in [0, 0.05) is 30.9 Å². The zero-order valence-electron chi connectivity index (χ0n) is 15.9. The molecule has 1 aromatic heterocycles. The standard InChI is InChI=1S/C20H24F3N3O2/c1-3-14-4-6-16(7-5-14)26-17(8-11-24-26)15-9-12-25(13-10-15)18(27)19(2,28)20(21,22)23/h4-8,11,15,28H,3,9-10,12-13H2,1-2H3/t19-/m1/s1. The first kappa shape index (κ1) is 20.4. The Labute approximate surface area is 161 Å². The molecule has 1 aliphatic heterocycles. The fourth-order valence-corrected chi connectivity index (χ4v) is 3.52. The highest BCUT2D eigenvalue weighted by Gasteiger charge is 2.57. The lowest BCUT2D eigenvalue weighted by molar-refractivity contribution is -0.250. The van der Waals surface area contributed by atoms with E-state index >= 15 is 0 Å². The lowest BCUT2D eigenvalue weighted by Gasteiger charge is -2.36. The van der Waals surface area contributed by atoms with E-state index in [1.807, 2.05) is 35.0 Å². The fraction of sp³-hybridized carbons (Fsp3) is 0.500. The van der Waals surface area contributed by atoms with Gasteiger partial charge in [0.1, 0.15) is 0 Å². The monoisotopic (exact) mass is 395 g/mol. The zero-order valence-corrected chi connectivity index (χ0v) is 15.9. The van der Waals surface area contributed by atoms with Crippen molar-refractivity contribution in [1.29, 1.82) is 0 Å². The van der Waals surface area contributed by atoms with Crippen molar-refractivity contribution in [1.82, 2.24) is 14.7 Å². The van der Waals surface area contributed by atoms with Gasteiger partial charge in [-0.3, -0.25) is 4.79 Å². The molecule has 2 aromatic rings. The lowest BCUT2D eigenvalue weighted by atomic mass is 9.92. The molecule has 152 valence electrons. The number of carbonyl (C=O) groups excluding carboxylic acids is 1. The van der Waals surface area contributed by atoms with Crippen molar-refractivity contribution in [3.63, 3.8) is 0 Å². The number of benzene rings is 1. The van der Waals surface area contributed by atoms with Crippen LogP contribution in [0.2, 0.25) is 0 Å². The molecule has 1 amide bonds. The highest BCUT2D eigenvalue weighted by molar-refractivity contribution is 5.85. The van der Waals surface area contributed by atoms with Crippen molar-refractivity contribution >= 4 is 5.91 Å². The van der Waals surface area contributed by atoms with E-state index in [1.54, 1.807) is 6.20 Å². The Morgan fingerprint density at radius 3 is 2.32 bits per heavy atom. The van der Waals surface area contributed by atoms with Crippen LogP contribution in [0.5, 0.6) is 0 Å². The van der Waals surface area contributed by atoms with Crippen molar-refractivity contribution in [2.24, 2.45) is 0 Å². The van der Waals surface area contributed by atoms with Gasteiger partial charge in [-0.2, -0.15) is 18.3 Å². The first-order chi connectivity index (χ1) is 13.1. The van der Waals surface area contributed by atoms with Gasteiger partial charge >= 0.3 is 6.18 Å². The van der Waals surface area contributed by atoms with Crippen molar-refractivity contribution in [2.45, 2.75) is 50.8 Å². The molecule has 1 aromatic carbocycles. The number of amides is 1. The summed E-state index contributed by atoms with van der Waals surface area (Å²) >= 11 is 0. The van der Waals surface area contributed by atoms with E-state index in [0.717, 1.165) is 22.7 Å². The van der Waals surface area contributed by atoms with Gasteiger partial charge in [0.2, 0.25) is 5.60 Å². The average molecular weight is 395 g/mol. The highest BCUT2D eigenvalue weighted by Crippen LogP contribution is 2.34. The summed E-state index contributed by atoms with van der Waals surface area (Å²) in [7, 11) is 0. The highest BCUT2D eigenvalue weighted by atomic mass is 19.4. The maximum atomic E-state index is 12.9. The third-order valence-electron chi connectivity index (χ3n) is 5.43. The van der Waals surface area contributed by atoms with Crippen molar-refractivity contribution < 1.29 is 23.1 Å². The number of hydrogen-bond donors (Lipinski definition) is 1. The zero-order chi connectivity index (χ0) is 20.5. The van der Waals surface area contributed by atoms with Crippen molar-refractivity contribution in [3.05, 3.63) is 47.8 Å². The molecule has 1 aliphatic rings. The van der Waals surface area contributed by atoms with Crippen LogP contribution in [-0.4, -0.2) is 50.6 Å². The molecule has 2 heterocycles. The number of piperidine rings is 1. The Balaban J connectivity index is 1.71. The average Bonchev–Trinajstić information content (AvgIpc) is 3.16. The van der Waals surface area contributed by atoms with Crippen molar-refractivity contribution in [3.8, 4) is 5.69 Å². The molecule has 1 fully saturated rings. The van der Waals surface area contributed by atoms with Gasteiger partial charge in [0.05, 0.1) is 5.69 Å². The van der Waals surface area contributed by atoms with Crippen LogP contribution in [-0.2, 0) is 11.2 Å². The lowest BCUT2D eigenvalue weighted by Crippen LogP contribution is -2.57. The first-order valence-corrected chi connectivity index (χ1v) is 9.37. The Morgan fingerprint density at radius 2 is 1.79 bits per heavy atom. The second-order valence-electron chi connectivity index (χ2n) is 7.32. The fourth-order valence-electron chi connectivity index (χ4n) is 3.52. The second-order valence-corrected chi connectivity index (χ2v) is 7.32. The molecule has 3 rings (SSSR count). The molecule has 0 radical (unpaired) electrons. The molecule has 0 unspecified atom stereocenters. The number of aromatic nitrogens is 2. The summed E-state index contributed by atoms with van der Waals surface area (Å²) in [5.74, 6) is -1.21. The Kier molecular flexibility index (Phi) is 5.52. The minimum absolute atomic E-state index is 0.0771. The van der Waals surface area contributed by atoms with Crippen LogP contribution in [0.4, 0.5) is 13.2 Å². The number of aryl methyl sites for hydroxylation is 1. The predicted molar refractivity (Wildman–Crippen MR) is 98.2 cm³/mol. The summed E-state index contributed by atoms with van der Waals surface area (Å²) < 4.78 is 40.6. The van der Waals surface area contributed by atoms with Crippen LogP contribution in [0.1, 0.15) is 43.9 Å². The van der Waals surface area contributed by atoms with Gasteiger partial charge in [-0.15, -0.1) is 0 Å². The maximum Gasteiger partial charge on any atom is 0.426 e. The summed E-state index contributed by atoms with van der Waals surface area (Å²) in [5, 5.41) is 14.0. The molecule has 8 heteroatoms. The van der Waals surface area contributed by atoms with Crippen LogP contribution >= 0.6 is 0 Å². The molecule has 0 saturated carbocycles. The van der Waals surface area contributed by atoms with Crippen LogP contribution in [0, 0.1) is 0 Å². The smallest absolute Gasteiger partial charge is 0.373 e. The molecule has 0 spiro atoms. The number of aliphatic hydroxyl groups is 1. The molecular formula is C20H24F3N3O2. The number of rotatable bonds is 4. The van der Waals surface area contributed by atoms with E-state index < -0.39 is 17.7 Å². The SMILES string of the molecule is CCc1ccc(-n2nccc2C2CCN(C(=O)[C@@](C)(O)C(F)(F)F)CC2)cc1. The Bertz CT molecular complexity index is 820. The maximum absolute atomic E-state index is 12.9. The number of carbonyl (C=O) groups is 1. The van der Waals surface area contributed by atoms with E-state index in [4.69, 9.17) is 0 Å². The number of likely N-dealkylation sites (tertiary alicyclic amines) is 1. The van der Waals surface area contributed by atoms with E-state index in [2.05, 4.69) is 12.0 Å². The topological polar surface area (TPSA) is 58.4 Å². The Hall–Kier alpha value is -2.35. The van der Waals surface area contributed by atoms with E-state index in [-0.39, 0.29) is 19.0 Å². The third-order valence-corrected chi connectivity index (χ3v) is 5.43. The van der Waals surface area contributed by atoms with Crippen LogP contribution in [0.15, 0.2) is 36.5 Å². The first-order valence-electron chi connectivity index (χ1n) is 9.37. The van der Waals surface area contributed by atoms with E-state index in [1.165, 1.54) is 5.56 Å². The number of nitrogens with zero attached hydrogens (tertiary/aromatic N) is 3. The van der Waals surface area contributed by atoms with Gasteiger partial charge < -0.3 is 10.0 Å². The van der Waals surface area contributed by atoms with Gasteiger partial charge in [-0.25, -0.2) is 4.68 Å². The van der Waals surface area contributed by atoms with E-state index in [0.29, 0.717) is 19.8 Å². The predicted octanol–water partition coefficient (Wildman–Crippen LogP) is 3.45. The van der Waals surface area contributed by atoms with Gasteiger partial charge in [0.25, 0.3) is 5.91 Å². The molecule has 5 nitrogen and oxygen atoms in total. The second kappa shape index (κ2) is 7.58. The number of halogens is 3. The summed E-state index contributed by atoms with van der Waals surface area (Å²) in [4.78, 5) is 13.2. The third kappa shape index (κ3) is 3.78. The molecule has 1 atom stereocenters. The molecule has 28 heavy (non-hydrogen) atoms. The van der Waals surface area contributed by atoms with Crippen molar-refractivity contribution in [2.75, 3.05) is 13.1 Å². The molecule has 0 bridgehead atoms. The minimum Gasteiger partial charge on any atom is -0.373 e. The molecular weight excluding hydrogens is 371 g/mol. The minimum atomic E-state index is -5.00. The number of hydrogen-bond acceptors (Lipinski definition) is 3. The molecule has 1 saturated heterocycles. The van der Waals surface area contributed by atoms with Gasteiger partial charge in [0.15, 0.2) is 0 Å². The quantitative estimate of drug-likeness (QED) is 0.863. The van der Waals surface area contributed by atoms with Gasteiger partial charge in [-0.1, -0.05) is 19.1 Å². The summed E-state index contributed by atoms with van der Waals surface area (Å²) in [5.41, 5.74) is -0.238. The van der Waals surface area contributed by atoms with Crippen LogP contribution < -0.4 is 0 Å². The number of alkyl halides is 3. The largest absolute Gasteiger partial charge is 0.426 e. The molecule has 1 N–H and O–H groups in total. The van der Waals surface area contributed by atoms with Crippen LogP contribution in [0.25, 0.3) is 5.69 Å².